The molecule has 0 saturated carbocycles. The van der Waals surface area contributed by atoms with Gasteiger partial charge in [0.2, 0.25) is 0 Å². The second kappa shape index (κ2) is 13.4. The van der Waals surface area contributed by atoms with Crippen LogP contribution >= 0.6 is 24.0 Å². The van der Waals surface area contributed by atoms with Crippen molar-refractivity contribution in [3.63, 3.8) is 0 Å². The normalized spacial score (nSPS) is 12.2. The molecule has 0 saturated heterocycles. The van der Waals surface area contributed by atoms with Gasteiger partial charge in [-0.15, -0.1) is 24.0 Å². The topological polar surface area (TPSA) is 48.9 Å². The van der Waals surface area contributed by atoms with Crippen molar-refractivity contribution in [3.8, 4) is 0 Å². The number of hydrogen-bond acceptors (Lipinski definition) is 3. The molecule has 0 aromatic carbocycles. The molecule has 0 rings (SSSR count). The lowest BCUT2D eigenvalue weighted by atomic mass is 10.4. The van der Waals surface area contributed by atoms with E-state index in [4.69, 9.17) is 4.74 Å². The van der Waals surface area contributed by atoms with Crippen LogP contribution in [0.4, 0.5) is 13.2 Å². The van der Waals surface area contributed by atoms with Crippen LogP contribution in [0.1, 0.15) is 13.3 Å². The molecule has 128 valence electrons. The van der Waals surface area contributed by atoms with E-state index in [9.17, 15) is 13.2 Å². The molecule has 2 N–H and O–H groups in total. The third-order valence-corrected chi connectivity index (χ3v) is 2.47. The SMILES string of the molecule is CCNC(=NCCC(F)(F)F)NCCN(C)CCOC.I. The molecule has 0 unspecified atom stereocenters. The van der Waals surface area contributed by atoms with Gasteiger partial charge >= 0.3 is 6.18 Å². The van der Waals surface area contributed by atoms with Crippen molar-refractivity contribution in [1.82, 2.24) is 15.5 Å². The highest BCUT2D eigenvalue weighted by Gasteiger charge is 2.26. The average Bonchev–Trinajstić information content (AvgIpc) is 2.34. The van der Waals surface area contributed by atoms with Crippen LogP contribution in [0.2, 0.25) is 0 Å². The fourth-order valence-electron chi connectivity index (χ4n) is 1.36. The zero-order valence-corrected chi connectivity index (χ0v) is 15.1. The second-order valence-corrected chi connectivity index (χ2v) is 4.35. The number of ether oxygens (including phenoxy) is 1. The standard InChI is InChI=1S/C12H25F3N4O.HI/c1-4-16-11(17-6-5-12(13,14)15)18-7-8-19(2)9-10-20-3;/h4-10H2,1-3H3,(H2,16,17,18);1H. The molecule has 0 radical (unpaired) electrons. The van der Waals surface area contributed by atoms with Crippen molar-refractivity contribution in [2.75, 3.05) is 53.5 Å². The molecular weight excluding hydrogens is 400 g/mol. The first-order chi connectivity index (χ1) is 9.39. The maximum Gasteiger partial charge on any atom is 0.390 e. The third kappa shape index (κ3) is 15.9. The van der Waals surface area contributed by atoms with Crippen LogP contribution < -0.4 is 10.6 Å². The summed E-state index contributed by atoms with van der Waals surface area (Å²) in [5.41, 5.74) is 0. The molecule has 0 aromatic rings. The van der Waals surface area contributed by atoms with E-state index in [1.165, 1.54) is 0 Å². The smallest absolute Gasteiger partial charge is 0.383 e. The van der Waals surface area contributed by atoms with E-state index in [1.54, 1.807) is 7.11 Å². The van der Waals surface area contributed by atoms with Gasteiger partial charge in [-0.1, -0.05) is 0 Å². The first-order valence-electron chi connectivity index (χ1n) is 6.65. The molecule has 0 aliphatic carbocycles. The predicted octanol–water partition coefficient (Wildman–Crippen LogP) is 1.69. The minimum atomic E-state index is -4.17. The lowest BCUT2D eigenvalue weighted by molar-refractivity contribution is -0.132. The molecule has 0 aromatic heterocycles. The van der Waals surface area contributed by atoms with Gasteiger partial charge in [0.05, 0.1) is 19.6 Å². The Kier molecular flexibility index (Phi) is 14.6. The zero-order valence-electron chi connectivity index (χ0n) is 12.8. The molecular formula is C12H26F3IN4O. The van der Waals surface area contributed by atoms with E-state index < -0.39 is 12.6 Å². The van der Waals surface area contributed by atoms with Gasteiger partial charge < -0.3 is 20.3 Å². The maximum absolute atomic E-state index is 12.0. The number of halogens is 4. The van der Waals surface area contributed by atoms with Gasteiger partial charge in [0.25, 0.3) is 0 Å². The molecule has 0 fully saturated rings. The quantitative estimate of drug-likeness (QED) is 0.335. The summed E-state index contributed by atoms with van der Waals surface area (Å²) < 4.78 is 41.1. The monoisotopic (exact) mass is 426 g/mol. The molecule has 0 bridgehead atoms. The summed E-state index contributed by atoms with van der Waals surface area (Å²) in [6, 6.07) is 0. The molecule has 0 atom stereocenters. The van der Waals surface area contributed by atoms with Crippen LogP contribution in [-0.4, -0.2) is 70.5 Å². The summed E-state index contributed by atoms with van der Waals surface area (Å²) in [7, 11) is 3.59. The van der Waals surface area contributed by atoms with E-state index in [0.29, 0.717) is 25.7 Å². The largest absolute Gasteiger partial charge is 0.390 e. The molecule has 21 heavy (non-hydrogen) atoms. The first kappa shape index (κ1) is 23.0. The van der Waals surface area contributed by atoms with Gasteiger partial charge in [0.1, 0.15) is 0 Å². The van der Waals surface area contributed by atoms with Crippen LogP contribution in [0.5, 0.6) is 0 Å². The molecule has 0 aliphatic heterocycles. The van der Waals surface area contributed by atoms with Crippen LogP contribution in [0, 0.1) is 0 Å². The number of alkyl halides is 3. The van der Waals surface area contributed by atoms with E-state index in [0.717, 1.165) is 13.1 Å². The number of likely N-dealkylation sites (N-methyl/N-ethyl adjacent to an activating group) is 1. The second-order valence-electron chi connectivity index (χ2n) is 4.35. The van der Waals surface area contributed by atoms with Crippen LogP contribution in [0.25, 0.3) is 0 Å². The van der Waals surface area contributed by atoms with Crippen molar-refractivity contribution in [2.45, 2.75) is 19.5 Å². The fraction of sp³-hybridized carbons (Fsp3) is 0.917. The number of methoxy groups -OCH3 is 1. The highest BCUT2D eigenvalue weighted by Crippen LogP contribution is 2.18. The first-order valence-corrected chi connectivity index (χ1v) is 6.65. The Morgan fingerprint density at radius 3 is 2.43 bits per heavy atom. The Labute approximate surface area is 141 Å². The van der Waals surface area contributed by atoms with Gasteiger partial charge in [-0.3, -0.25) is 4.99 Å². The van der Waals surface area contributed by atoms with E-state index in [1.807, 2.05) is 14.0 Å². The number of guanidine groups is 1. The number of nitrogens with one attached hydrogen (secondary N) is 2. The van der Waals surface area contributed by atoms with Crippen LogP contribution in [-0.2, 0) is 4.74 Å². The van der Waals surface area contributed by atoms with Crippen molar-refractivity contribution >= 4 is 29.9 Å². The van der Waals surface area contributed by atoms with Gasteiger partial charge in [-0.2, -0.15) is 13.2 Å². The third-order valence-electron chi connectivity index (χ3n) is 2.47. The summed E-state index contributed by atoms with van der Waals surface area (Å²) >= 11 is 0. The van der Waals surface area contributed by atoms with E-state index in [-0.39, 0.29) is 30.5 Å². The Bertz CT molecular complexity index is 278. The molecule has 0 spiro atoms. The minimum absolute atomic E-state index is 0. The Hall–Kier alpha value is -0.290. The molecule has 0 heterocycles. The average molecular weight is 426 g/mol. The molecule has 0 amide bonds. The van der Waals surface area contributed by atoms with Crippen molar-refractivity contribution < 1.29 is 17.9 Å². The fourth-order valence-corrected chi connectivity index (χ4v) is 1.36. The lowest BCUT2D eigenvalue weighted by Crippen LogP contribution is -2.41. The van der Waals surface area contributed by atoms with Crippen LogP contribution in [0.15, 0.2) is 4.99 Å². The zero-order chi connectivity index (χ0) is 15.4. The summed E-state index contributed by atoms with van der Waals surface area (Å²) in [6.07, 6.45) is -5.07. The van der Waals surface area contributed by atoms with Gasteiger partial charge in [0.15, 0.2) is 5.96 Å². The van der Waals surface area contributed by atoms with Crippen LogP contribution in [0.3, 0.4) is 0 Å². The Morgan fingerprint density at radius 2 is 1.90 bits per heavy atom. The highest BCUT2D eigenvalue weighted by atomic mass is 127. The summed E-state index contributed by atoms with van der Waals surface area (Å²) in [6.45, 7) is 5.03. The number of aliphatic imine (C=N–C) groups is 1. The summed E-state index contributed by atoms with van der Waals surface area (Å²) in [4.78, 5) is 5.95. The molecule has 0 aliphatic rings. The summed E-state index contributed by atoms with van der Waals surface area (Å²) in [5, 5.41) is 5.92. The van der Waals surface area contributed by atoms with E-state index in [2.05, 4.69) is 20.5 Å². The van der Waals surface area contributed by atoms with Crippen molar-refractivity contribution in [2.24, 2.45) is 4.99 Å². The summed E-state index contributed by atoms with van der Waals surface area (Å²) in [5.74, 6) is 0.414. The van der Waals surface area contributed by atoms with Crippen molar-refractivity contribution in [3.05, 3.63) is 0 Å². The van der Waals surface area contributed by atoms with Crippen molar-refractivity contribution in [1.29, 1.82) is 0 Å². The minimum Gasteiger partial charge on any atom is -0.383 e. The van der Waals surface area contributed by atoms with Gasteiger partial charge in [-0.25, -0.2) is 0 Å². The molecule has 5 nitrogen and oxygen atoms in total. The maximum atomic E-state index is 12.0. The number of nitrogens with zero attached hydrogens (tertiary/aromatic N) is 2. The van der Waals surface area contributed by atoms with Gasteiger partial charge in [0, 0.05) is 33.3 Å². The lowest BCUT2D eigenvalue weighted by Gasteiger charge is -2.17. The Balaban J connectivity index is 0. The molecule has 9 heteroatoms. The van der Waals surface area contributed by atoms with E-state index >= 15 is 0 Å². The predicted molar refractivity (Wildman–Crippen MR) is 89.4 cm³/mol. The Morgan fingerprint density at radius 1 is 1.24 bits per heavy atom. The number of hydrogen-bond donors (Lipinski definition) is 2. The van der Waals surface area contributed by atoms with Gasteiger partial charge in [-0.05, 0) is 14.0 Å². The number of rotatable bonds is 9. The highest BCUT2D eigenvalue weighted by molar-refractivity contribution is 14.0.